The summed E-state index contributed by atoms with van der Waals surface area (Å²) in [5.74, 6) is 0. The summed E-state index contributed by atoms with van der Waals surface area (Å²) in [6, 6.07) is 13.3. The summed E-state index contributed by atoms with van der Waals surface area (Å²) >= 11 is 1.52. The van der Waals surface area contributed by atoms with Crippen LogP contribution in [0.4, 0.5) is 0 Å². The van der Waals surface area contributed by atoms with E-state index in [1.54, 1.807) is 0 Å². The van der Waals surface area contributed by atoms with E-state index in [1.165, 1.54) is 11.3 Å². The molecule has 19 heavy (non-hydrogen) atoms. The third-order valence-electron chi connectivity index (χ3n) is 2.75. The second-order valence-corrected chi connectivity index (χ2v) is 4.88. The molecule has 0 radical (unpaired) electrons. The number of rotatable bonds is 5. The quantitative estimate of drug-likeness (QED) is 0.497. The van der Waals surface area contributed by atoms with Gasteiger partial charge in [-0.3, -0.25) is 0 Å². The van der Waals surface area contributed by atoms with Gasteiger partial charge in [-0.25, -0.2) is 0 Å². The van der Waals surface area contributed by atoms with Crippen molar-refractivity contribution >= 4 is 22.8 Å². The molecule has 98 valence electrons. The summed E-state index contributed by atoms with van der Waals surface area (Å²) in [4.78, 5) is 0.924. The van der Waals surface area contributed by atoms with Gasteiger partial charge in [0.2, 0.25) is 0 Å². The van der Waals surface area contributed by atoms with Gasteiger partial charge < -0.3 is 10.4 Å². The van der Waals surface area contributed by atoms with Gasteiger partial charge in [-0.2, -0.15) is 0 Å². The maximum Gasteiger partial charge on any atom is 0.0971 e. The van der Waals surface area contributed by atoms with Crippen LogP contribution in [0.15, 0.2) is 58.2 Å². The fraction of sp³-hybridized carbons (Fsp3) is 0.143. The standard InChI is InChI=1S/C14H14N2O2S/c17-15-12(11-5-2-1-3-6-11)8-9-13(16-18)14-7-4-10-19-14/h1-7,10,17-18H,8-9H2/b15-12-,16-13-. The Bertz CT molecular complexity index is 562. The zero-order valence-electron chi connectivity index (χ0n) is 10.2. The Labute approximate surface area is 115 Å². The van der Waals surface area contributed by atoms with Crippen molar-refractivity contribution in [3.8, 4) is 0 Å². The predicted molar refractivity (Wildman–Crippen MR) is 76.6 cm³/mol. The molecule has 0 atom stereocenters. The zero-order chi connectivity index (χ0) is 13.5. The second kappa shape index (κ2) is 6.70. The van der Waals surface area contributed by atoms with Crippen molar-refractivity contribution < 1.29 is 10.4 Å². The first-order valence-corrected chi connectivity index (χ1v) is 6.74. The van der Waals surface area contributed by atoms with Crippen molar-refractivity contribution in [3.63, 3.8) is 0 Å². The minimum atomic E-state index is 0.512. The summed E-state index contributed by atoms with van der Waals surface area (Å²) in [6.45, 7) is 0. The first kappa shape index (κ1) is 13.3. The molecule has 2 aromatic rings. The molecule has 2 rings (SSSR count). The predicted octanol–water partition coefficient (Wildman–Crippen LogP) is 3.59. The Morgan fingerprint density at radius 3 is 2.16 bits per heavy atom. The van der Waals surface area contributed by atoms with Crippen molar-refractivity contribution in [2.75, 3.05) is 0 Å². The van der Waals surface area contributed by atoms with Gasteiger partial charge in [0.05, 0.1) is 16.3 Å². The Morgan fingerprint density at radius 1 is 0.895 bits per heavy atom. The van der Waals surface area contributed by atoms with Crippen LogP contribution in [-0.2, 0) is 0 Å². The molecule has 5 heteroatoms. The number of oxime groups is 2. The third-order valence-corrected chi connectivity index (χ3v) is 3.67. The van der Waals surface area contributed by atoms with Gasteiger partial charge in [-0.1, -0.05) is 46.7 Å². The molecular weight excluding hydrogens is 260 g/mol. The highest BCUT2D eigenvalue weighted by Gasteiger charge is 2.10. The molecule has 0 bridgehead atoms. The fourth-order valence-corrected chi connectivity index (χ4v) is 2.52. The minimum absolute atomic E-state index is 0.512. The maximum absolute atomic E-state index is 9.08. The van der Waals surface area contributed by atoms with Gasteiger partial charge in [0.15, 0.2) is 0 Å². The summed E-state index contributed by atoms with van der Waals surface area (Å²) in [6.07, 6.45) is 1.03. The van der Waals surface area contributed by atoms with E-state index in [-0.39, 0.29) is 0 Å². The third kappa shape index (κ3) is 3.42. The Kier molecular flexibility index (Phi) is 4.69. The lowest BCUT2D eigenvalue weighted by Gasteiger charge is -2.05. The first-order valence-electron chi connectivity index (χ1n) is 5.86. The van der Waals surface area contributed by atoms with Crippen LogP contribution < -0.4 is 0 Å². The van der Waals surface area contributed by atoms with E-state index >= 15 is 0 Å². The number of benzene rings is 1. The van der Waals surface area contributed by atoms with E-state index in [0.717, 1.165) is 10.4 Å². The van der Waals surface area contributed by atoms with Crippen LogP contribution in [0, 0.1) is 0 Å². The molecule has 0 aliphatic heterocycles. The lowest BCUT2D eigenvalue weighted by atomic mass is 10.0. The Morgan fingerprint density at radius 2 is 1.58 bits per heavy atom. The number of hydrogen-bond acceptors (Lipinski definition) is 5. The Hall–Kier alpha value is -2.14. The normalized spacial score (nSPS) is 12.6. The fourth-order valence-electron chi connectivity index (χ4n) is 1.78. The van der Waals surface area contributed by atoms with Gasteiger partial charge in [-0.05, 0) is 23.4 Å². The largest absolute Gasteiger partial charge is 0.411 e. The van der Waals surface area contributed by atoms with E-state index in [2.05, 4.69) is 10.3 Å². The summed E-state index contributed by atoms with van der Waals surface area (Å²) in [7, 11) is 0. The average molecular weight is 274 g/mol. The molecule has 1 aromatic carbocycles. The van der Waals surface area contributed by atoms with Crippen molar-refractivity contribution in [3.05, 3.63) is 58.3 Å². The molecule has 0 spiro atoms. The number of thiophene rings is 1. The summed E-state index contributed by atoms with van der Waals surface area (Å²) < 4.78 is 0. The van der Waals surface area contributed by atoms with E-state index in [0.29, 0.717) is 24.3 Å². The highest BCUT2D eigenvalue weighted by Crippen LogP contribution is 2.15. The van der Waals surface area contributed by atoms with Crippen LogP contribution in [0.1, 0.15) is 23.3 Å². The molecule has 0 fully saturated rings. The monoisotopic (exact) mass is 274 g/mol. The molecule has 0 aliphatic carbocycles. The lowest BCUT2D eigenvalue weighted by Crippen LogP contribution is -2.06. The molecule has 1 heterocycles. The lowest BCUT2D eigenvalue weighted by molar-refractivity contribution is 0.316. The molecular formula is C14H14N2O2S. The molecule has 2 N–H and O–H groups in total. The van der Waals surface area contributed by atoms with E-state index < -0.39 is 0 Å². The van der Waals surface area contributed by atoms with Gasteiger partial charge in [-0.15, -0.1) is 11.3 Å². The van der Waals surface area contributed by atoms with Crippen LogP contribution >= 0.6 is 11.3 Å². The number of hydrogen-bond donors (Lipinski definition) is 2. The van der Waals surface area contributed by atoms with E-state index in [9.17, 15) is 0 Å². The number of nitrogens with zero attached hydrogens (tertiary/aromatic N) is 2. The molecule has 1 aromatic heterocycles. The molecule has 0 saturated heterocycles. The second-order valence-electron chi connectivity index (χ2n) is 3.94. The van der Waals surface area contributed by atoms with Crippen LogP contribution in [0.25, 0.3) is 0 Å². The molecule has 4 nitrogen and oxygen atoms in total. The smallest absolute Gasteiger partial charge is 0.0971 e. The van der Waals surface area contributed by atoms with E-state index in [4.69, 9.17) is 10.4 Å². The molecule has 0 aliphatic rings. The van der Waals surface area contributed by atoms with Gasteiger partial charge in [0.1, 0.15) is 0 Å². The topological polar surface area (TPSA) is 65.2 Å². The van der Waals surface area contributed by atoms with Crippen molar-refractivity contribution in [1.82, 2.24) is 0 Å². The Balaban J connectivity index is 2.05. The van der Waals surface area contributed by atoms with Crippen molar-refractivity contribution in [2.24, 2.45) is 10.3 Å². The van der Waals surface area contributed by atoms with Gasteiger partial charge in [0, 0.05) is 6.42 Å². The van der Waals surface area contributed by atoms with Crippen LogP contribution in [0.3, 0.4) is 0 Å². The highest BCUT2D eigenvalue weighted by molar-refractivity contribution is 7.12. The van der Waals surface area contributed by atoms with Gasteiger partial charge in [0.25, 0.3) is 0 Å². The summed E-state index contributed by atoms with van der Waals surface area (Å²) in [5, 5.41) is 26.7. The van der Waals surface area contributed by atoms with Crippen molar-refractivity contribution in [2.45, 2.75) is 12.8 Å². The van der Waals surface area contributed by atoms with Crippen molar-refractivity contribution in [1.29, 1.82) is 0 Å². The highest BCUT2D eigenvalue weighted by atomic mass is 32.1. The maximum atomic E-state index is 9.08. The zero-order valence-corrected chi connectivity index (χ0v) is 11.0. The van der Waals surface area contributed by atoms with E-state index in [1.807, 2.05) is 47.8 Å². The molecule has 0 unspecified atom stereocenters. The molecule has 0 saturated carbocycles. The first-order chi connectivity index (χ1) is 9.35. The van der Waals surface area contributed by atoms with Crippen LogP contribution in [0.2, 0.25) is 0 Å². The van der Waals surface area contributed by atoms with Gasteiger partial charge >= 0.3 is 0 Å². The minimum Gasteiger partial charge on any atom is -0.411 e. The average Bonchev–Trinajstić information content (AvgIpc) is 2.99. The van der Waals surface area contributed by atoms with Crippen LogP contribution in [-0.4, -0.2) is 21.8 Å². The van der Waals surface area contributed by atoms with Crippen LogP contribution in [0.5, 0.6) is 0 Å². The summed E-state index contributed by atoms with van der Waals surface area (Å²) in [5.41, 5.74) is 2.05. The SMILES string of the molecule is O/N=C(/CC/C(=N/O)c1cccs1)c1ccccc1. The molecule has 0 amide bonds.